The summed E-state index contributed by atoms with van der Waals surface area (Å²) in [7, 11) is 1.56. The van der Waals surface area contributed by atoms with Gasteiger partial charge < -0.3 is 15.8 Å². The summed E-state index contributed by atoms with van der Waals surface area (Å²) in [4.78, 5) is 18.7. The molecule has 2 heterocycles. The van der Waals surface area contributed by atoms with E-state index in [0.717, 1.165) is 5.56 Å². The lowest BCUT2D eigenvalue weighted by atomic mass is 9.67. The number of guanidine groups is 1. The third-order valence-electron chi connectivity index (χ3n) is 6.58. The Balaban J connectivity index is 1.73. The first-order chi connectivity index (χ1) is 14.5. The van der Waals surface area contributed by atoms with Crippen molar-refractivity contribution in [3.8, 4) is 5.75 Å². The number of amides is 1. The number of fused-ring (bicyclic) bond motifs is 1. The fourth-order valence-corrected chi connectivity index (χ4v) is 4.27. The fourth-order valence-electron chi connectivity index (χ4n) is 4.27. The Labute approximate surface area is 180 Å². The average Bonchev–Trinajstić information content (AvgIpc) is 2.72. The van der Waals surface area contributed by atoms with Crippen LogP contribution in [0.4, 0.5) is 14.5 Å². The van der Waals surface area contributed by atoms with Crippen LogP contribution in [0.15, 0.2) is 41.4 Å². The van der Waals surface area contributed by atoms with Crippen molar-refractivity contribution >= 4 is 17.6 Å². The first-order valence-electron chi connectivity index (χ1n) is 10.2. The molecule has 2 aromatic carbocycles. The van der Waals surface area contributed by atoms with Crippen molar-refractivity contribution in [2.45, 2.75) is 38.8 Å². The Bertz CT molecular complexity index is 1090. The lowest BCUT2D eigenvalue weighted by Gasteiger charge is -2.46. The monoisotopic (exact) mass is 428 g/mol. The lowest BCUT2D eigenvalue weighted by Crippen LogP contribution is -2.58. The molecule has 2 aliphatic rings. The molecule has 2 aliphatic heterocycles. The molecular weight excluding hydrogens is 402 g/mol. The number of benzene rings is 2. The maximum Gasteiger partial charge on any atom is 0.237 e. The van der Waals surface area contributed by atoms with E-state index in [1.165, 1.54) is 23.1 Å². The van der Waals surface area contributed by atoms with Crippen LogP contribution in [0, 0.1) is 17.0 Å². The van der Waals surface area contributed by atoms with Crippen molar-refractivity contribution in [2.24, 2.45) is 16.1 Å². The first-order valence-corrected chi connectivity index (χ1v) is 10.2. The summed E-state index contributed by atoms with van der Waals surface area (Å²) >= 11 is 0. The van der Waals surface area contributed by atoms with Gasteiger partial charge in [-0.2, -0.15) is 0 Å². The molecule has 8 heteroatoms. The number of nitrogens with one attached hydrogen (secondary N) is 1. The number of aliphatic imine (C=N–C) groups is 1. The predicted octanol–water partition coefficient (Wildman–Crippen LogP) is 3.93. The van der Waals surface area contributed by atoms with E-state index in [-0.39, 0.29) is 29.3 Å². The number of hydrogen-bond donors (Lipinski definition) is 2. The van der Waals surface area contributed by atoms with Gasteiger partial charge in [-0.3, -0.25) is 9.69 Å². The third kappa shape index (κ3) is 3.30. The number of carbonyl (C=O) groups is 1. The zero-order valence-electron chi connectivity index (χ0n) is 18.0. The standard InChI is InChI=1S/C23H26F2N4O2/c1-22(2)20(30)29(4)21(26)28-23(22,3)16-12-14(6-8-17(16)25)27-18-9-10-31-19-11-13(24)5-7-15(18)19/h5-8,11-12,18,27H,9-10H2,1-4H3,(H2,26,28)/t18?,23-/m1/s1. The Morgan fingerprint density at radius 1 is 1.19 bits per heavy atom. The normalized spacial score (nSPS) is 24.8. The van der Waals surface area contributed by atoms with Crippen molar-refractivity contribution < 1.29 is 18.3 Å². The van der Waals surface area contributed by atoms with E-state index in [0.29, 0.717) is 24.5 Å². The molecule has 0 saturated carbocycles. The highest BCUT2D eigenvalue weighted by Crippen LogP contribution is 2.48. The minimum atomic E-state index is -1.20. The van der Waals surface area contributed by atoms with Crippen molar-refractivity contribution in [3.05, 3.63) is 59.2 Å². The molecule has 0 aromatic heterocycles. The van der Waals surface area contributed by atoms with Crippen LogP contribution >= 0.6 is 0 Å². The van der Waals surface area contributed by atoms with Gasteiger partial charge in [0.05, 0.1) is 18.1 Å². The van der Waals surface area contributed by atoms with Gasteiger partial charge in [-0.25, -0.2) is 13.8 Å². The molecule has 31 heavy (non-hydrogen) atoms. The Morgan fingerprint density at radius 2 is 1.94 bits per heavy atom. The highest BCUT2D eigenvalue weighted by atomic mass is 19.1. The number of halogens is 2. The van der Waals surface area contributed by atoms with Crippen molar-refractivity contribution in [3.63, 3.8) is 0 Å². The van der Waals surface area contributed by atoms with E-state index in [2.05, 4.69) is 10.3 Å². The van der Waals surface area contributed by atoms with Gasteiger partial charge in [-0.1, -0.05) is 6.07 Å². The van der Waals surface area contributed by atoms with Gasteiger partial charge in [0.25, 0.3) is 0 Å². The van der Waals surface area contributed by atoms with Crippen molar-refractivity contribution in [2.75, 3.05) is 19.0 Å². The molecule has 0 bridgehead atoms. The van der Waals surface area contributed by atoms with Crippen LogP contribution < -0.4 is 15.8 Å². The maximum atomic E-state index is 15.0. The molecule has 2 atom stereocenters. The quantitative estimate of drug-likeness (QED) is 0.776. The summed E-state index contributed by atoms with van der Waals surface area (Å²) in [6.45, 7) is 5.64. The van der Waals surface area contributed by atoms with E-state index >= 15 is 4.39 Å². The molecule has 2 aromatic rings. The molecule has 6 nitrogen and oxygen atoms in total. The minimum Gasteiger partial charge on any atom is -0.493 e. The van der Waals surface area contributed by atoms with E-state index in [9.17, 15) is 9.18 Å². The summed E-state index contributed by atoms with van der Waals surface area (Å²) in [5.74, 6) is -0.520. The van der Waals surface area contributed by atoms with Crippen LogP contribution in [0.5, 0.6) is 5.75 Å². The predicted molar refractivity (Wildman–Crippen MR) is 115 cm³/mol. The summed E-state index contributed by atoms with van der Waals surface area (Å²) in [6, 6.07) is 8.99. The first kappa shape index (κ1) is 21.1. The summed E-state index contributed by atoms with van der Waals surface area (Å²) in [5, 5.41) is 3.39. The number of nitrogens with zero attached hydrogens (tertiary/aromatic N) is 2. The second-order valence-electron chi connectivity index (χ2n) is 8.74. The minimum absolute atomic E-state index is 0.0463. The number of ether oxygens (including phenoxy) is 1. The number of rotatable bonds is 3. The summed E-state index contributed by atoms with van der Waals surface area (Å²) in [6.07, 6.45) is 0.669. The van der Waals surface area contributed by atoms with E-state index in [4.69, 9.17) is 10.5 Å². The van der Waals surface area contributed by atoms with Gasteiger partial charge in [-0.05, 0) is 45.0 Å². The van der Waals surface area contributed by atoms with Gasteiger partial charge >= 0.3 is 0 Å². The molecule has 4 rings (SSSR count). The third-order valence-corrected chi connectivity index (χ3v) is 6.58. The second kappa shape index (κ2) is 7.21. The molecule has 1 amide bonds. The van der Waals surface area contributed by atoms with Crippen molar-refractivity contribution in [1.82, 2.24) is 4.90 Å². The molecule has 0 saturated heterocycles. The van der Waals surface area contributed by atoms with Gasteiger partial charge in [0.1, 0.15) is 22.9 Å². The highest BCUT2D eigenvalue weighted by Gasteiger charge is 2.53. The zero-order chi connectivity index (χ0) is 22.6. The van der Waals surface area contributed by atoms with E-state index < -0.39 is 16.8 Å². The van der Waals surface area contributed by atoms with Crippen LogP contribution in [0.2, 0.25) is 0 Å². The van der Waals surface area contributed by atoms with Gasteiger partial charge in [0, 0.05) is 36.3 Å². The van der Waals surface area contributed by atoms with Gasteiger partial charge in [0.2, 0.25) is 5.91 Å². The number of anilines is 1. The number of carbonyl (C=O) groups excluding carboxylic acids is 1. The number of hydrogen-bond acceptors (Lipinski definition) is 5. The topological polar surface area (TPSA) is 80.0 Å². The number of nitrogens with two attached hydrogens (primary N) is 1. The molecule has 3 N–H and O–H groups in total. The second-order valence-corrected chi connectivity index (χ2v) is 8.74. The van der Waals surface area contributed by atoms with Crippen LogP contribution in [0.1, 0.15) is 44.4 Å². The Morgan fingerprint density at radius 3 is 2.68 bits per heavy atom. The maximum absolute atomic E-state index is 15.0. The van der Waals surface area contributed by atoms with Gasteiger partial charge in [0.15, 0.2) is 5.96 Å². The van der Waals surface area contributed by atoms with Gasteiger partial charge in [-0.15, -0.1) is 0 Å². The SMILES string of the molecule is CN1C(=O)C(C)(C)[C@@](C)(c2cc(NC3CCOc4cc(F)ccc43)ccc2F)N=C1N. The van der Waals surface area contributed by atoms with Crippen LogP contribution in [-0.2, 0) is 10.3 Å². The Kier molecular flexibility index (Phi) is 4.91. The summed E-state index contributed by atoms with van der Waals surface area (Å²) in [5.41, 5.74) is 5.54. The molecule has 0 aliphatic carbocycles. The summed E-state index contributed by atoms with van der Waals surface area (Å²) < 4.78 is 34.2. The fraction of sp³-hybridized carbons (Fsp3) is 0.391. The van der Waals surface area contributed by atoms with Crippen LogP contribution in [-0.4, -0.2) is 30.4 Å². The molecule has 0 radical (unpaired) electrons. The molecule has 1 unspecified atom stereocenters. The molecule has 0 fully saturated rings. The smallest absolute Gasteiger partial charge is 0.237 e. The largest absolute Gasteiger partial charge is 0.493 e. The van der Waals surface area contributed by atoms with Crippen molar-refractivity contribution in [1.29, 1.82) is 0 Å². The average molecular weight is 428 g/mol. The molecule has 0 spiro atoms. The van der Waals surface area contributed by atoms with E-state index in [1.54, 1.807) is 46.0 Å². The highest BCUT2D eigenvalue weighted by molar-refractivity contribution is 6.01. The molecular formula is C23H26F2N4O2. The van der Waals surface area contributed by atoms with E-state index in [1.807, 2.05) is 0 Å². The molecule has 164 valence electrons. The Hall–Kier alpha value is -3.16. The van der Waals surface area contributed by atoms with Crippen LogP contribution in [0.25, 0.3) is 0 Å². The lowest BCUT2D eigenvalue weighted by molar-refractivity contribution is -0.140. The van der Waals surface area contributed by atoms with Crippen LogP contribution in [0.3, 0.4) is 0 Å². The zero-order valence-corrected chi connectivity index (χ0v) is 18.0.